The largest absolute Gasteiger partial charge is 0.466 e. The summed E-state index contributed by atoms with van der Waals surface area (Å²) >= 11 is 6.95. The summed E-state index contributed by atoms with van der Waals surface area (Å²) in [6.45, 7) is 1.84. The van der Waals surface area contributed by atoms with Gasteiger partial charge in [0.25, 0.3) is 5.56 Å². The van der Waals surface area contributed by atoms with E-state index < -0.39 is 17.2 Å². The molecule has 0 aliphatic rings. The highest BCUT2D eigenvalue weighted by atomic mass is 35.5. The zero-order valence-corrected chi connectivity index (χ0v) is 18.6. The molecule has 162 valence electrons. The summed E-state index contributed by atoms with van der Waals surface area (Å²) < 4.78 is 7.00. The number of hydrogen-bond acceptors (Lipinski definition) is 8. The number of nitrogens with zero attached hydrogens (tertiary/aromatic N) is 4. The third-order valence-electron chi connectivity index (χ3n) is 4.39. The maximum atomic E-state index is 12.8. The molecular weight excluding hydrogens is 444 g/mol. The molecule has 0 radical (unpaired) electrons. The van der Waals surface area contributed by atoms with Gasteiger partial charge in [-0.2, -0.15) is 0 Å². The number of esters is 1. The molecule has 9 nitrogen and oxygen atoms in total. The fourth-order valence-corrected chi connectivity index (χ4v) is 3.83. The van der Waals surface area contributed by atoms with Crippen LogP contribution in [0.15, 0.2) is 38.9 Å². The second-order valence-electron chi connectivity index (χ2n) is 6.57. The van der Waals surface area contributed by atoms with Crippen LogP contribution in [0.25, 0.3) is 22.4 Å². The van der Waals surface area contributed by atoms with E-state index in [2.05, 4.69) is 9.97 Å². The molecular formula is C20H19ClN4O5S. The standard InChI is InChI=1S/C20H19ClN4O5S/c1-4-30-14(27)9-13(26)10-31-18-15-17(24(2)20(29)25(3)19(15)28)22-16(23-18)11-5-7-12(21)8-6-11/h5-8H,4,9-10H2,1-3H3. The lowest BCUT2D eigenvalue weighted by Crippen LogP contribution is -2.37. The van der Waals surface area contributed by atoms with Crippen LogP contribution < -0.4 is 11.2 Å². The van der Waals surface area contributed by atoms with E-state index in [1.807, 2.05) is 0 Å². The molecule has 0 N–H and O–H groups in total. The van der Waals surface area contributed by atoms with Crippen LogP contribution in [0.2, 0.25) is 5.02 Å². The molecule has 2 aromatic heterocycles. The molecule has 0 saturated heterocycles. The normalized spacial score (nSPS) is 11.0. The maximum Gasteiger partial charge on any atom is 0.332 e. The van der Waals surface area contributed by atoms with Crippen LogP contribution in [0.3, 0.4) is 0 Å². The third kappa shape index (κ3) is 4.86. The fourth-order valence-electron chi connectivity index (χ4n) is 2.83. The highest BCUT2D eigenvalue weighted by molar-refractivity contribution is 8.00. The number of benzene rings is 1. The van der Waals surface area contributed by atoms with Crippen LogP contribution in [0.4, 0.5) is 0 Å². The first-order valence-electron chi connectivity index (χ1n) is 9.26. The lowest BCUT2D eigenvalue weighted by Gasteiger charge is -2.12. The molecule has 0 amide bonds. The first-order valence-corrected chi connectivity index (χ1v) is 10.6. The highest BCUT2D eigenvalue weighted by Gasteiger charge is 2.20. The summed E-state index contributed by atoms with van der Waals surface area (Å²) in [6.07, 6.45) is -0.371. The predicted molar refractivity (Wildman–Crippen MR) is 117 cm³/mol. The Labute approximate surface area is 186 Å². The molecule has 0 aliphatic carbocycles. The van der Waals surface area contributed by atoms with Gasteiger partial charge in [-0.3, -0.25) is 23.5 Å². The van der Waals surface area contributed by atoms with Crippen molar-refractivity contribution in [3.05, 3.63) is 50.1 Å². The zero-order chi connectivity index (χ0) is 22.7. The molecule has 2 heterocycles. The van der Waals surface area contributed by atoms with Crippen LogP contribution in [-0.2, 0) is 28.4 Å². The monoisotopic (exact) mass is 462 g/mol. The number of fused-ring (bicyclic) bond motifs is 1. The van der Waals surface area contributed by atoms with Gasteiger partial charge in [0.15, 0.2) is 17.3 Å². The van der Waals surface area contributed by atoms with E-state index in [4.69, 9.17) is 16.3 Å². The average molecular weight is 463 g/mol. The number of Topliss-reactive ketones (excluding diaryl/α,β-unsaturated/α-hetero) is 1. The van der Waals surface area contributed by atoms with Crippen molar-refractivity contribution in [2.24, 2.45) is 14.1 Å². The Morgan fingerprint density at radius 3 is 2.42 bits per heavy atom. The van der Waals surface area contributed by atoms with Crippen molar-refractivity contribution < 1.29 is 14.3 Å². The van der Waals surface area contributed by atoms with Gasteiger partial charge in [-0.15, -0.1) is 0 Å². The minimum atomic E-state index is -0.610. The van der Waals surface area contributed by atoms with Crippen LogP contribution in [0.1, 0.15) is 13.3 Å². The number of carbonyl (C=O) groups excluding carboxylic acids is 2. The lowest BCUT2D eigenvalue weighted by molar-refractivity contribution is -0.145. The Balaban J connectivity index is 2.10. The highest BCUT2D eigenvalue weighted by Crippen LogP contribution is 2.27. The SMILES string of the molecule is CCOC(=O)CC(=O)CSc1nc(-c2ccc(Cl)cc2)nc2c1c(=O)n(C)c(=O)n2C. The number of carbonyl (C=O) groups is 2. The predicted octanol–water partition coefficient (Wildman–Crippen LogP) is 1.96. The van der Waals surface area contributed by atoms with Gasteiger partial charge >= 0.3 is 11.7 Å². The zero-order valence-electron chi connectivity index (χ0n) is 17.0. The summed E-state index contributed by atoms with van der Waals surface area (Å²) in [5.41, 5.74) is -0.332. The van der Waals surface area contributed by atoms with Gasteiger partial charge in [-0.1, -0.05) is 23.4 Å². The number of rotatable bonds is 7. The molecule has 0 saturated carbocycles. The Hall–Kier alpha value is -2.98. The van der Waals surface area contributed by atoms with Gasteiger partial charge in [0.1, 0.15) is 16.8 Å². The van der Waals surface area contributed by atoms with E-state index in [-0.39, 0.29) is 46.4 Å². The molecule has 0 bridgehead atoms. The number of ether oxygens (including phenoxy) is 1. The van der Waals surface area contributed by atoms with E-state index in [1.54, 1.807) is 31.2 Å². The van der Waals surface area contributed by atoms with Gasteiger partial charge in [0, 0.05) is 24.7 Å². The van der Waals surface area contributed by atoms with Crippen molar-refractivity contribution >= 4 is 46.1 Å². The van der Waals surface area contributed by atoms with Crippen LogP contribution in [-0.4, -0.2) is 43.2 Å². The summed E-state index contributed by atoms with van der Waals surface area (Å²) in [7, 11) is 2.86. The molecule has 0 unspecified atom stereocenters. The number of thioether (sulfide) groups is 1. The Morgan fingerprint density at radius 1 is 1.10 bits per heavy atom. The summed E-state index contributed by atoms with van der Waals surface area (Å²) in [5, 5.41) is 0.893. The number of halogens is 1. The van der Waals surface area contributed by atoms with Crippen molar-refractivity contribution in [3.8, 4) is 11.4 Å². The molecule has 0 spiro atoms. The quantitative estimate of drug-likeness (QED) is 0.226. The van der Waals surface area contributed by atoms with Gasteiger partial charge in [-0.05, 0) is 31.2 Å². The van der Waals surface area contributed by atoms with E-state index in [1.165, 1.54) is 18.7 Å². The number of ketones is 1. The smallest absolute Gasteiger partial charge is 0.332 e. The van der Waals surface area contributed by atoms with Crippen molar-refractivity contribution in [1.82, 2.24) is 19.1 Å². The molecule has 3 aromatic rings. The van der Waals surface area contributed by atoms with Crippen LogP contribution in [0, 0.1) is 0 Å². The minimum Gasteiger partial charge on any atom is -0.466 e. The summed E-state index contributed by atoms with van der Waals surface area (Å²) in [6, 6.07) is 6.76. The first-order chi connectivity index (χ1) is 14.7. The van der Waals surface area contributed by atoms with Crippen LogP contribution in [0.5, 0.6) is 0 Å². The fraction of sp³-hybridized carbons (Fsp3) is 0.300. The number of aryl methyl sites for hydroxylation is 1. The van der Waals surface area contributed by atoms with Gasteiger partial charge in [0.2, 0.25) is 0 Å². The molecule has 31 heavy (non-hydrogen) atoms. The van der Waals surface area contributed by atoms with Crippen molar-refractivity contribution in [1.29, 1.82) is 0 Å². The van der Waals surface area contributed by atoms with E-state index in [9.17, 15) is 19.2 Å². The van der Waals surface area contributed by atoms with E-state index in [0.29, 0.717) is 10.6 Å². The van der Waals surface area contributed by atoms with Crippen molar-refractivity contribution in [3.63, 3.8) is 0 Å². The molecule has 11 heteroatoms. The third-order valence-corrected chi connectivity index (χ3v) is 5.67. The topological polar surface area (TPSA) is 113 Å². The second-order valence-corrected chi connectivity index (χ2v) is 7.97. The Bertz CT molecular complexity index is 1280. The summed E-state index contributed by atoms with van der Waals surface area (Å²) in [5.74, 6) is -0.810. The van der Waals surface area contributed by atoms with E-state index in [0.717, 1.165) is 16.3 Å². The minimum absolute atomic E-state index is 0.100. The van der Waals surface area contributed by atoms with Gasteiger partial charge in [-0.25, -0.2) is 14.8 Å². The Kier molecular flexibility index (Phi) is 6.91. The molecule has 1 aromatic carbocycles. The average Bonchev–Trinajstić information content (AvgIpc) is 2.74. The summed E-state index contributed by atoms with van der Waals surface area (Å²) in [4.78, 5) is 57.8. The molecule has 0 atom stereocenters. The Morgan fingerprint density at radius 2 is 1.77 bits per heavy atom. The van der Waals surface area contributed by atoms with Crippen molar-refractivity contribution in [2.75, 3.05) is 12.4 Å². The molecule has 0 fully saturated rings. The van der Waals surface area contributed by atoms with E-state index >= 15 is 0 Å². The number of hydrogen-bond donors (Lipinski definition) is 0. The maximum absolute atomic E-state index is 12.8. The first kappa shape index (κ1) is 22.7. The second kappa shape index (κ2) is 9.44. The van der Waals surface area contributed by atoms with Crippen LogP contribution >= 0.6 is 23.4 Å². The molecule has 0 aliphatic heterocycles. The lowest BCUT2D eigenvalue weighted by atomic mass is 10.2. The van der Waals surface area contributed by atoms with Gasteiger partial charge in [0.05, 0.1) is 12.4 Å². The van der Waals surface area contributed by atoms with Gasteiger partial charge < -0.3 is 4.74 Å². The molecule has 3 rings (SSSR count). The van der Waals surface area contributed by atoms with Crippen molar-refractivity contribution in [2.45, 2.75) is 18.4 Å². The number of aromatic nitrogens is 4.